The fraction of sp³-hybridized carbons (Fsp3) is 0.278. The molecule has 4 rings (SSSR count). The third kappa shape index (κ3) is 2.84. The van der Waals surface area contributed by atoms with Crippen molar-refractivity contribution < 1.29 is 17.9 Å². The topological polar surface area (TPSA) is 66.9 Å². The number of amides is 2. The van der Waals surface area contributed by atoms with Crippen molar-refractivity contribution in [2.75, 3.05) is 24.3 Å². The average molecular weight is 358 g/mol. The standard InChI is InChI=1S/C18H18N2O4S/c1-25(22,23)15-8-6-13(7-9-15)10-19-11-14-12-24-17-5-3-2-4-16(17)20(14)18(19)21/h2-9,14H,10-12H2,1H3. The van der Waals surface area contributed by atoms with Crippen molar-refractivity contribution in [1.82, 2.24) is 4.90 Å². The number of urea groups is 1. The van der Waals surface area contributed by atoms with E-state index in [1.54, 1.807) is 34.1 Å². The summed E-state index contributed by atoms with van der Waals surface area (Å²) in [5.41, 5.74) is 1.70. The van der Waals surface area contributed by atoms with Gasteiger partial charge in [-0.25, -0.2) is 13.2 Å². The van der Waals surface area contributed by atoms with Crippen LogP contribution in [0.3, 0.4) is 0 Å². The highest BCUT2D eigenvalue weighted by Gasteiger charge is 2.42. The van der Waals surface area contributed by atoms with Crippen molar-refractivity contribution in [3.63, 3.8) is 0 Å². The van der Waals surface area contributed by atoms with Crippen LogP contribution in [0.25, 0.3) is 0 Å². The molecule has 2 aromatic rings. The van der Waals surface area contributed by atoms with Crippen molar-refractivity contribution >= 4 is 21.6 Å². The van der Waals surface area contributed by atoms with E-state index in [2.05, 4.69) is 0 Å². The first-order valence-electron chi connectivity index (χ1n) is 8.02. The predicted molar refractivity (Wildman–Crippen MR) is 93.6 cm³/mol. The Morgan fingerprint density at radius 2 is 1.84 bits per heavy atom. The number of benzene rings is 2. The van der Waals surface area contributed by atoms with Gasteiger partial charge in [-0.3, -0.25) is 4.90 Å². The van der Waals surface area contributed by atoms with Crippen LogP contribution in [0.4, 0.5) is 10.5 Å². The average Bonchev–Trinajstić information content (AvgIpc) is 2.91. The number of para-hydroxylation sites is 2. The van der Waals surface area contributed by atoms with Gasteiger partial charge in [-0.15, -0.1) is 0 Å². The molecular formula is C18H18N2O4S. The first-order chi connectivity index (χ1) is 11.9. The second-order valence-electron chi connectivity index (χ2n) is 6.38. The lowest BCUT2D eigenvalue weighted by Crippen LogP contribution is -2.41. The van der Waals surface area contributed by atoms with Gasteiger partial charge in [-0.1, -0.05) is 24.3 Å². The van der Waals surface area contributed by atoms with E-state index < -0.39 is 9.84 Å². The summed E-state index contributed by atoms with van der Waals surface area (Å²) in [5, 5.41) is 0. The van der Waals surface area contributed by atoms with E-state index >= 15 is 0 Å². The van der Waals surface area contributed by atoms with Crippen LogP contribution < -0.4 is 9.64 Å². The highest BCUT2D eigenvalue weighted by Crippen LogP contribution is 2.37. The van der Waals surface area contributed by atoms with Gasteiger partial charge in [0.2, 0.25) is 0 Å². The third-order valence-electron chi connectivity index (χ3n) is 4.55. The zero-order chi connectivity index (χ0) is 17.6. The molecule has 25 heavy (non-hydrogen) atoms. The molecular weight excluding hydrogens is 340 g/mol. The van der Waals surface area contributed by atoms with Crippen LogP contribution in [-0.2, 0) is 16.4 Å². The molecule has 1 fully saturated rings. The van der Waals surface area contributed by atoms with Crippen molar-refractivity contribution in [3.8, 4) is 5.75 Å². The number of carbonyl (C=O) groups excluding carboxylic acids is 1. The van der Waals surface area contributed by atoms with Gasteiger partial charge in [0.15, 0.2) is 9.84 Å². The number of anilines is 1. The minimum Gasteiger partial charge on any atom is -0.489 e. The summed E-state index contributed by atoms with van der Waals surface area (Å²) in [6.07, 6.45) is 1.18. The highest BCUT2D eigenvalue weighted by atomic mass is 32.2. The molecule has 2 aromatic carbocycles. The number of hydrogen-bond acceptors (Lipinski definition) is 4. The lowest BCUT2D eigenvalue weighted by Gasteiger charge is -2.30. The van der Waals surface area contributed by atoms with Crippen molar-refractivity contribution in [2.24, 2.45) is 0 Å². The van der Waals surface area contributed by atoms with Gasteiger partial charge in [-0.05, 0) is 29.8 Å². The van der Waals surface area contributed by atoms with Gasteiger partial charge < -0.3 is 9.64 Å². The summed E-state index contributed by atoms with van der Waals surface area (Å²) < 4.78 is 28.8. The second-order valence-corrected chi connectivity index (χ2v) is 8.40. The third-order valence-corrected chi connectivity index (χ3v) is 5.68. The van der Waals surface area contributed by atoms with E-state index in [9.17, 15) is 13.2 Å². The van der Waals surface area contributed by atoms with Crippen LogP contribution in [0.2, 0.25) is 0 Å². The number of sulfone groups is 1. The summed E-state index contributed by atoms with van der Waals surface area (Å²) in [6.45, 7) is 1.51. The minimum atomic E-state index is -3.21. The summed E-state index contributed by atoms with van der Waals surface area (Å²) in [7, 11) is -3.21. The van der Waals surface area contributed by atoms with Gasteiger partial charge in [0.1, 0.15) is 12.4 Å². The van der Waals surface area contributed by atoms with Gasteiger partial charge >= 0.3 is 6.03 Å². The van der Waals surface area contributed by atoms with Gasteiger partial charge in [-0.2, -0.15) is 0 Å². The number of rotatable bonds is 3. The number of hydrogen-bond donors (Lipinski definition) is 0. The molecule has 1 atom stereocenters. The highest BCUT2D eigenvalue weighted by molar-refractivity contribution is 7.90. The Labute approximate surface area is 146 Å². The molecule has 1 saturated heterocycles. The van der Waals surface area contributed by atoms with Crippen LogP contribution in [0.5, 0.6) is 5.75 Å². The quantitative estimate of drug-likeness (QED) is 0.844. The summed E-state index contributed by atoms with van der Waals surface area (Å²) in [4.78, 5) is 16.7. The van der Waals surface area contributed by atoms with E-state index in [-0.39, 0.29) is 17.0 Å². The van der Waals surface area contributed by atoms with Crippen LogP contribution in [0.15, 0.2) is 53.4 Å². The van der Waals surface area contributed by atoms with E-state index in [0.29, 0.717) is 19.7 Å². The molecule has 7 heteroatoms. The van der Waals surface area contributed by atoms with Crippen molar-refractivity contribution in [1.29, 1.82) is 0 Å². The Balaban J connectivity index is 1.55. The molecule has 0 aliphatic carbocycles. The molecule has 0 N–H and O–H groups in total. The predicted octanol–water partition coefficient (Wildman–Crippen LogP) is 2.29. The van der Waals surface area contributed by atoms with Crippen LogP contribution >= 0.6 is 0 Å². The normalized spacial score (nSPS) is 19.4. The maximum atomic E-state index is 12.8. The molecule has 2 heterocycles. The zero-order valence-corrected chi connectivity index (χ0v) is 14.6. The Kier molecular flexibility index (Phi) is 3.68. The Bertz CT molecular complexity index is 924. The minimum absolute atomic E-state index is 0.00214. The molecule has 0 saturated carbocycles. The monoisotopic (exact) mass is 358 g/mol. The largest absolute Gasteiger partial charge is 0.489 e. The Morgan fingerprint density at radius 3 is 2.56 bits per heavy atom. The smallest absolute Gasteiger partial charge is 0.325 e. The SMILES string of the molecule is CS(=O)(=O)c1ccc(CN2CC3COc4ccccc4N3C2=O)cc1. The summed E-state index contributed by atoms with van der Waals surface area (Å²) in [5.74, 6) is 0.728. The van der Waals surface area contributed by atoms with Gasteiger partial charge in [0.25, 0.3) is 0 Å². The molecule has 0 aromatic heterocycles. The van der Waals surface area contributed by atoms with Gasteiger partial charge in [0.05, 0.1) is 16.6 Å². The molecule has 0 bridgehead atoms. The van der Waals surface area contributed by atoms with Crippen molar-refractivity contribution in [2.45, 2.75) is 17.5 Å². The van der Waals surface area contributed by atoms with E-state index in [1.807, 2.05) is 24.3 Å². The molecule has 0 spiro atoms. The molecule has 0 radical (unpaired) electrons. The van der Waals surface area contributed by atoms with Crippen molar-refractivity contribution in [3.05, 3.63) is 54.1 Å². The molecule has 2 amide bonds. The fourth-order valence-corrected chi connectivity index (χ4v) is 3.94. The lowest BCUT2D eigenvalue weighted by molar-refractivity contribution is 0.218. The number of nitrogens with zero attached hydrogens (tertiary/aromatic N) is 2. The number of ether oxygens (including phenoxy) is 1. The summed E-state index contributed by atoms with van der Waals surface area (Å²) >= 11 is 0. The van der Waals surface area contributed by atoms with Crippen LogP contribution in [-0.4, -0.2) is 44.8 Å². The van der Waals surface area contributed by atoms with E-state index in [4.69, 9.17) is 4.74 Å². The number of fused-ring (bicyclic) bond motifs is 3. The van der Waals surface area contributed by atoms with E-state index in [1.165, 1.54) is 6.26 Å². The molecule has 2 aliphatic rings. The summed E-state index contributed by atoms with van der Waals surface area (Å²) in [6, 6.07) is 14.2. The maximum absolute atomic E-state index is 12.8. The Morgan fingerprint density at radius 1 is 1.12 bits per heavy atom. The van der Waals surface area contributed by atoms with Crippen LogP contribution in [0, 0.1) is 0 Å². The molecule has 130 valence electrons. The van der Waals surface area contributed by atoms with E-state index in [0.717, 1.165) is 17.0 Å². The maximum Gasteiger partial charge on any atom is 0.325 e. The van der Waals surface area contributed by atoms with Crippen LogP contribution in [0.1, 0.15) is 5.56 Å². The first kappa shape index (κ1) is 16.0. The molecule has 6 nitrogen and oxygen atoms in total. The van der Waals surface area contributed by atoms with Gasteiger partial charge in [0, 0.05) is 19.3 Å². The molecule has 1 unspecified atom stereocenters. The Hall–Kier alpha value is -2.54. The second kappa shape index (κ2) is 5.77. The fourth-order valence-electron chi connectivity index (χ4n) is 3.31. The number of carbonyl (C=O) groups is 1. The zero-order valence-electron chi connectivity index (χ0n) is 13.8. The lowest BCUT2D eigenvalue weighted by atomic mass is 10.2. The molecule has 2 aliphatic heterocycles. The first-order valence-corrected chi connectivity index (χ1v) is 9.91.